The summed E-state index contributed by atoms with van der Waals surface area (Å²) in [6.45, 7) is 13.9. The maximum atomic E-state index is 5.72. The summed E-state index contributed by atoms with van der Waals surface area (Å²) in [6.07, 6.45) is 0.889. The molecule has 0 aromatic heterocycles. The number of hydrogen-bond acceptors (Lipinski definition) is 2. The van der Waals surface area contributed by atoms with Gasteiger partial charge in [0.05, 0.1) is 11.1 Å². The Bertz CT molecular complexity index is 435. The van der Waals surface area contributed by atoms with Crippen molar-refractivity contribution in [3.63, 3.8) is 0 Å². The molecule has 1 aromatic carbocycles. The van der Waals surface area contributed by atoms with Crippen LogP contribution in [0.25, 0.3) is 0 Å². The highest BCUT2D eigenvalue weighted by Gasteiger charge is 2.09. The maximum Gasteiger partial charge on any atom is 0.133 e. The number of hydrogen-bond donors (Lipinski definition) is 1. The zero-order chi connectivity index (χ0) is 14.5. The van der Waals surface area contributed by atoms with Crippen LogP contribution in [0.5, 0.6) is 5.75 Å². The molecule has 3 heteroatoms. The van der Waals surface area contributed by atoms with Crippen LogP contribution >= 0.6 is 15.9 Å². The Balaban J connectivity index is 2.56. The van der Waals surface area contributed by atoms with E-state index in [1.165, 1.54) is 5.56 Å². The Morgan fingerprint density at radius 3 is 2.58 bits per heavy atom. The Morgan fingerprint density at radius 2 is 2.05 bits per heavy atom. The summed E-state index contributed by atoms with van der Waals surface area (Å²) in [5.41, 5.74) is 2.51. The number of rotatable bonds is 6. The Morgan fingerprint density at radius 1 is 1.37 bits per heavy atom. The molecule has 0 aliphatic carbocycles. The Kier molecular flexibility index (Phi) is 6.08. The van der Waals surface area contributed by atoms with E-state index in [2.05, 4.69) is 60.7 Å². The molecule has 1 rings (SSSR count). The summed E-state index contributed by atoms with van der Waals surface area (Å²) >= 11 is 3.56. The van der Waals surface area contributed by atoms with E-state index in [0.29, 0.717) is 6.61 Å². The zero-order valence-corrected chi connectivity index (χ0v) is 13.9. The summed E-state index contributed by atoms with van der Waals surface area (Å²) < 4.78 is 6.72. The molecule has 0 spiro atoms. The molecule has 0 fully saturated rings. The second-order valence-corrected chi connectivity index (χ2v) is 6.78. The molecular formula is C16H24BrNO. The lowest BCUT2D eigenvalue weighted by atomic mass is 10.1. The SMILES string of the molecule is C=C(C)CCOc1ccc(CNC(C)(C)C)cc1Br. The van der Waals surface area contributed by atoms with Crippen LogP contribution < -0.4 is 10.1 Å². The zero-order valence-electron chi connectivity index (χ0n) is 12.3. The van der Waals surface area contributed by atoms with E-state index in [1.54, 1.807) is 0 Å². The molecule has 0 heterocycles. The topological polar surface area (TPSA) is 21.3 Å². The first-order valence-electron chi connectivity index (χ1n) is 6.58. The summed E-state index contributed by atoms with van der Waals surface area (Å²) in [6, 6.07) is 6.22. The second-order valence-electron chi connectivity index (χ2n) is 5.92. The number of nitrogens with one attached hydrogen (secondary N) is 1. The minimum absolute atomic E-state index is 0.128. The second kappa shape index (κ2) is 7.11. The molecule has 0 atom stereocenters. The highest BCUT2D eigenvalue weighted by atomic mass is 79.9. The van der Waals surface area contributed by atoms with Gasteiger partial charge in [0.15, 0.2) is 0 Å². The van der Waals surface area contributed by atoms with Crippen LogP contribution in [0.3, 0.4) is 0 Å². The lowest BCUT2D eigenvalue weighted by Crippen LogP contribution is -2.35. The molecule has 0 bridgehead atoms. The molecule has 2 nitrogen and oxygen atoms in total. The molecule has 106 valence electrons. The van der Waals surface area contributed by atoms with Crippen molar-refractivity contribution in [2.45, 2.75) is 46.2 Å². The van der Waals surface area contributed by atoms with Gasteiger partial charge in [0, 0.05) is 18.5 Å². The highest BCUT2D eigenvalue weighted by Crippen LogP contribution is 2.26. The average Bonchev–Trinajstić information content (AvgIpc) is 2.27. The van der Waals surface area contributed by atoms with Crippen molar-refractivity contribution < 1.29 is 4.74 Å². The Labute approximate surface area is 125 Å². The molecule has 0 saturated heterocycles. The van der Waals surface area contributed by atoms with Crippen LogP contribution in [0, 0.1) is 0 Å². The van der Waals surface area contributed by atoms with Gasteiger partial charge < -0.3 is 10.1 Å². The van der Waals surface area contributed by atoms with Crippen LogP contribution in [-0.4, -0.2) is 12.1 Å². The van der Waals surface area contributed by atoms with Gasteiger partial charge in [0.2, 0.25) is 0 Å². The summed E-state index contributed by atoms with van der Waals surface area (Å²) in [4.78, 5) is 0. The predicted molar refractivity (Wildman–Crippen MR) is 85.7 cm³/mol. The van der Waals surface area contributed by atoms with Gasteiger partial charge in [-0.25, -0.2) is 0 Å². The van der Waals surface area contributed by atoms with Gasteiger partial charge in [-0.15, -0.1) is 6.58 Å². The number of benzene rings is 1. The van der Waals surface area contributed by atoms with Crippen molar-refractivity contribution in [1.82, 2.24) is 5.32 Å². The molecular weight excluding hydrogens is 302 g/mol. The van der Waals surface area contributed by atoms with Crippen LogP contribution in [0.1, 0.15) is 39.7 Å². The van der Waals surface area contributed by atoms with Crippen molar-refractivity contribution in [3.8, 4) is 5.75 Å². The van der Waals surface area contributed by atoms with Crippen LogP contribution in [0.2, 0.25) is 0 Å². The Hall–Kier alpha value is -0.800. The first-order valence-corrected chi connectivity index (χ1v) is 7.38. The first kappa shape index (κ1) is 16.3. The normalized spacial score (nSPS) is 11.4. The van der Waals surface area contributed by atoms with Crippen LogP contribution in [0.4, 0.5) is 0 Å². The van der Waals surface area contributed by atoms with E-state index >= 15 is 0 Å². The van der Waals surface area contributed by atoms with Crippen molar-refractivity contribution in [3.05, 3.63) is 40.4 Å². The van der Waals surface area contributed by atoms with E-state index in [-0.39, 0.29) is 5.54 Å². The van der Waals surface area contributed by atoms with Crippen molar-refractivity contribution >= 4 is 15.9 Å². The van der Waals surface area contributed by atoms with E-state index in [0.717, 1.165) is 28.8 Å². The van der Waals surface area contributed by atoms with Crippen LogP contribution in [-0.2, 0) is 6.54 Å². The van der Waals surface area contributed by atoms with Gasteiger partial charge in [-0.05, 0) is 61.3 Å². The molecule has 0 unspecified atom stereocenters. The summed E-state index contributed by atoms with van der Waals surface area (Å²) in [7, 11) is 0. The molecule has 1 aromatic rings. The van der Waals surface area contributed by atoms with Gasteiger partial charge in [-0.3, -0.25) is 0 Å². The largest absolute Gasteiger partial charge is 0.492 e. The van der Waals surface area contributed by atoms with Gasteiger partial charge in [0.25, 0.3) is 0 Å². The number of ether oxygens (including phenoxy) is 1. The maximum absolute atomic E-state index is 5.72. The third kappa shape index (κ3) is 6.79. The van der Waals surface area contributed by atoms with Gasteiger partial charge in [-0.2, -0.15) is 0 Å². The monoisotopic (exact) mass is 325 g/mol. The summed E-state index contributed by atoms with van der Waals surface area (Å²) in [5.74, 6) is 0.890. The molecule has 0 radical (unpaired) electrons. The van der Waals surface area contributed by atoms with Crippen molar-refractivity contribution in [2.24, 2.45) is 0 Å². The predicted octanol–water partition coefficient (Wildman–Crippen LogP) is 4.68. The van der Waals surface area contributed by atoms with Gasteiger partial charge in [-0.1, -0.05) is 11.6 Å². The van der Waals surface area contributed by atoms with E-state index < -0.39 is 0 Å². The molecule has 0 aliphatic heterocycles. The first-order chi connectivity index (χ1) is 8.78. The lowest BCUT2D eigenvalue weighted by molar-refractivity contribution is 0.319. The third-order valence-corrected chi connectivity index (χ3v) is 3.23. The van der Waals surface area contributed by atoms with Gasteiger partial charge in [0.1, 0.15) is 5.75 Å². The minimum atomic E-state index is 0.128. The molecule has 1 N–H and O–H groups in total. The van der Waals surface area contributed by atoms with E-state index in [9.17, 15) is 0 Å². The molecule has 0 amide bonds. The van der Waals surface area contributed by atoms with Crippen molar-refractivity contribution in [1.29, 1.82) is 0 Å². The van der Waals surface area contributed by atoms with Gasteiger partial charge >= 0.3 is 0 Å². The fourth-order valence-electron chi connectivity index (χ4n) is 1.47. The fourth-order valence-corrected chi connectivity index (χ4v) is 2.01. The highest BCUT2D eigenvalue weighted by molar-refractivity contribution is 9.10. The van der Waals surface area contributed by atoms with Crippen molar-refractivity contribution in [2.75, 3.05) is 6.61 Å². The molecule has 19 heavy (non-hydrogen) atoms. The summed E-state index contributed by atoms with van der Waals surface area (Å²) in [5, 5.41) is 3.47. The van der Waals surface area contributed by atoms with E-state index in [4.69, 9.17) is 4.74 Å². The quantitative estimate of drug-likeness (QED) is 0.766. The molecule has 0 aliphatic rings. The smallest absolute Gasteiger partial charge is 0.133 e. The minimum Gasteiger partial charge on any atom is -0.492 e. The average molecular weight is 326 g/mol. The molecule has 0 saturated carbocycles. The third-order valence-electron chi connectivity index (χ3n) is 2.61. The standard InChI is InChI=1S/C16H24BrNO/c1-12(2)8-9-19-15-7-6-13(10-14(15)17)11-18-16(3,4)5/h6-7,10,18H,1,8-9,11H2,2-5H3. The number of halogens is 1. The van der Waals surface area contributed by atoms with Crippen LogP contribution in [0.15, 0.2) is 34.8 Å². The van der Waals surface area contributed by atoms with E-state index in [1.807, 2.05) is 13.0 Å². The fraction of sp³-hybridized carbons (Fsp3) is 0.500. The lowest BCUT2D eigenvalue weighted by Gasteiger charge is -2.20.